The van der Waals surface area contributed by atoms with Crippen LogP contribution in [0.2, 0.25) is 0 Å². The smallest absolute Gasteiger partial charge is 0.345 e. The zero-order valence-corrected chi connectivity index (χ0v) is 11.6. The van der Waals surface area contributed by atoms with Crippen molar-refractivity contribution < 1.29 is 39.9 Å². The Morgan fingerprint density at radius 2 is 1.62 bits per heavy atom. The van der Waals surface area contributed by atoms with Crippen molar-refractivity contribution in [3.05, 3.63) is 0 Å². The van der Waals surface area contributed by atoms with E-state index in [2.05, 4.69) is 4.74 Å². The summed E-state index contributed by atoms with van der Waals surface area (Å²) in [7, 11) is 0. The highest BCUT2D eigenvalue weighted by Gasteiger charge is 2.35. The van der Waals surface area contributed by atoms with Crippen molar-refractivity contribution in [2.24, 2.45) is 5.73 Å². The fraction of sp³-hybridized carbons (Fsp3) is 0.833. The van der Waals surface area contributed by atoms with Gasteiger partial charge in [0, 0.05) is 6.42 Å². The van der Waals surface area contributed by atoms with E-state index in [1.54, 1.807) is 0 Å². The van der Waals surface area contributed by atoms with Crippen molar-refractivity contribution in [2.75, 3.05) is 13.2 Å². The Morgan fingerprint density at radius 1 is 1.00 bits per heavy atom. The minimum absolute atomic E-state index is 0.0453. The lowest BCUT2D eigenvalue weighted by molar-refractivity contribution is -0.176. The number of unbranched alkanes of at least 4 members (excludes halogenated alkanes) is 2. The molecule has 7 N–H and O–H groups in total. The molecule has 0 bridgehead atoms. The van der Waals surface area contributed by atoms with Gasteiger partial charge < -0.3 is 36.0 Å². The van der Waals surface area contributed by atoms with Crippen LogP contribution in [0.25, 0.3) is 0 Å². The topological polar surface area (TPSA) is 171 Å². The summed E-state index contributed by atoms with van der Waals surface area (Å²) >= 11 is 0. The van der Waals surface area contributed by atoms with Crippen LogP contribution < -0.4 is 5.73 Å². The highest BCUT2D eigenvalue weighted by atomic mass is 16.6. The van der Waals surface area contributed by atoms with Crippen LogP contribution in [0.4, 0.5) is 0 Å². The molecule has 0 aliphatic carbocycles. The molecular weight excluding hydrogens is 286 g/mol. The van der Waals surface area contributed by atoms with E-state index in [0.29, 0.717) is 19.4 Å². The van der Waals surface area contributed by atoms with Crippen LogP contribution in [0.3, 0.4) is 0 Å². The molecule has 0 aliphatic heterocycles. The molecule has 0 radical (unpaired) electrons. The number of esters is 2. The van der Waals surface area contributed by atoms with Crippen LogP contribution in [-0.4, -0.2) is 75.0 Å². The summed E-state index contributed by atoms with van der Waals surface area (Å²) in [6.45, 7) is -0.385. The van der Waals surface area contributed by atoms with E-state index in [-0.39, 0.29) is 6.42 Å². The average molecular weight is 309 g/mol. The molecular formula is C12H23NO8. The lowest BCUT2D eigenvalue weighted by atomic mass is 10.0. The zero-order valence-electron chi connectivity index (χ0n) is 11.6. The molecule has 0 aromatic rings. The Hall–Kier alpha value is -1.10. The summed E-state index contributed by atoms with van der Waals surface area (Å²) in [5, 5.41) is 45.8. The SMILES string of the molecule is NCCCCCC(=O)OC(=O)[C@H](O)[C@@H](O)[C@H](O)[C@H](O)CO. The first-order chi connectivity index (χ1) is 9.84. The molecule has 0 aromatic carbocycles. The molecule has 9 heteroatoms. The van der Waals surface area contributed by atoms with Crippen LogP contribution in [0.1, 0.15) is 25.7 Å². The lowest BCUT2D eigenvalue weighted by Crippen LogP contribution is -2.49. The molecule has 0 fully saturated rings. The van der Waals surface area contributed by atoms with Crippen LogP contribution in [0.15, 0.2) is 0 Å². The molecule has 9 nitrogen and oxygen atoms in total. The van der Waals surface area contributed by atoms with E-state index in [4.69, 9.17) is 15.9 Å². The first-order valence-corrected chi connectivity index (χ1v) is 6.62. The van der Waals surface area contributed by atoms with Gasteiger partial charge in [-0.2, -0.15) is 0 Å². The Labute approximate surface area is 122 Å². The van der Waals surface area contributed by atoms with E-state index >= 15 is 0 Å². The predicted molar refractivity (Wildman–Crippen MR) is 69.7 cm³/mol. The number of aliphatic hydroxyl groups is 5. The molecule has 4 atom stereocenters. The number of nitrogens with two attached hydrogens (primary N) is 1. The molecule has 0 saturated heterocycles. The van der Waals surface area contributed by atoms with Crippen molar-refractivity contribution in [3.63, 3.8) is 0 Å². The van der Waals surface area contributed by atoms with Crippen molar-refractivity contribution in [2.45, 2.75) is 50.1 Å². The number of carbonyl (C=O) groups excluding carboxylic acids is 2. The summed E-state index contributed by atoms with van der Waals surface area (Å²) in [6.07, 6.45) is -6.17. The fourth-order valence-electron chi connectivity index (χ4n) is 1.48. The second kappa shape index (κ2) is 10.6. The van der Waals surface area contributed by atoms with Gasteiger partial charge in [-0.1, -0.05) is 6.42 Å². The maximum Gasteiger partial charge on any atom is 0.345 e. The van der Waals surface area contributed by atoms with Crippen molar-refractivity contribution >= 4 is 11.9 Å². The molecule has 124 valence electrons. The maximum atomic E-state index is 11.4. The minimum Gasteiger partial charge on any atom is -0.394 e. The van der Waals surface area contributed by atoms with Crippen LogP contribution >= 0.6 is 0 Å². The third-order valence-corrected chi connectivity index (χ3v) is 2.80. The van der Waals surface area contributed by atoms with Gasteiger partial charge in [-0.3, -0.25) is 4.79 Å². The Bertz CT molecular complexity index is 324. The number of ether oxygens (including phenoxy) is 1. The van der Waals surface area contributed by atoms with E-state index in [0.717, 1.165) is 6.42 Å². The standard InChI is InChI=1S/C12H23NO8/c13-5-3-1-2-4-8(16)21-12(20)11(19)10(18)9(17)7(15)6-14/h7,9-11,14-15,17-19H,1-6,13H2/t7-,9-,10+,11-/m1/s1. The third kappa shape index (κ3) is 7.46. The Balaban J connectivity index is 4.22. The number of hydrogen-bond donors (Lipinski definition) is 6. The van der Waals surface area contributed by atoms with Crippen molar-refractivity contribution in [1.29, 1.82) is 0 Å². The lowest BCUT2D eigenvalue weighted by Gasteiger charge is -2.24. The van der Waals surface area contributed by atoms with Gasteiger partial charge in [0.05, 0.1) is 6.61 Å². The Morgan fingerprint density at radius 3 is 2.14 bits per heavy atom. The van der Waals surface area contributed by atoms with Crippen molar-refractivity contribution in [3.8, 4) is 0 Å². The monoisotopic (exact) mass is 309 g/mol. The van der Waals surface area contributed by atoms with Crippen LogP contribution in [-0.2, 0) is 14.3 Å². The molecule has 21 heavy (non-hydrogen) atoms. The molecule has 0 unspecified atom stereocenters. The molecule has 0 amide bonds. The number of hydrogen-bond acceptors (Lipinski definition) is 9. The minimum atomic E-state index is -2.21. The summed E-state index contributed by atoms with van der Waals surface area (Å²) in [5.74, 6) is -2.31. The van der Waals surface area contributed by atoms with Gasteiger partial charge in [-0.15, -0.1) is 0 Å². The molecule has 0 aliphatic rings. The van der Waals surface area contributed by atoms with Gasteiger partial charge in [-0.25, -0.2) is 4.79 Å². The van der Waals surface area contributed by atoms with Gasteiger partial charge in [0.25, 0.3) is 0 Å². The third-order valence-electron chi connectivity index (χ3n) is 2.80. The number of carbonyl (C=O) groups is 2. The zero-order chi connectivity index (χ0) is 16.4. The van der Waals surface area contributed by atoms with Crippen LogP contribution in [0, 0.1) is 0 Å². The highest BCUT2D eigenvalue weighted by molar-refractivity contribution is 5.88. The van der Waals surface area contributed by atoms with Gasteiger partial charge in [-0.05, 0) is 19.4 Å². The normalized spacial score (nSPS) is 16.9. The molecule has 0 spiro atoms. The van der Waals surface area contributed by atoms with E-state index < -0.39 is 43.0 Å². The molecule has 0 heterocycles. The van der Waals surface area contributed by atoms with Crippen molar-refractivity contribution in [1.82, 2.24) is 0 Å². The van der Waals surface area contributed by atoms with E-state index in [1.807, 2.05) is 0 Å². The second-order valence-electron chi connectivity index (χ2n) is 4.57. The van der Waals surface area contributed by atoms with E-state index in [1.165, 1.54) is 0 Å². The fourth-order valence-corrected chi connectivity index (χ4v) is 1.48. The Kier molecular flexibility index (Phi) is 10.0. The summed E-state index contributed by atoms with van der Waals surface area (Å²) in [5.41, 5.74) is 5.27. The van der Waals surface area contributed by atoms with Crippen LogP contribution in [0.5, 0.6) is 0 Å². The van der Waals surface area contributed by atoms with E-state index in [9.17, 15) is 24.9 Å². The summed E-state index contributed by atoms with van der Waals surface area (Å²) in [6, 6.07) is 0. The maximum absolute atomic E-state index is 11.4. The first-order valence-electron chi connectivity index (χ1n) is 6.62. The number of rotatable bonds is 10. The second-order valence-corrected chi connectivity index (χ2v) is 4.57. The number of aliphatic hydroxyl groups excluding tert-OH is 5. The quantitative estimate of drug-likeness (QED) is 0.140. The first kappa shape index (κ1) is 19.9. The molecule has 0 aromatic heterocycles. The van der Waals surface area contributed by atoms with Gasteiger partial charge >= 0.3 is 11.9 Å². The largest absolute Gasteiger partial charge is 0.394 e. The molecule has 0 rings (SSSR count). The van der Waals surface area contributed by atoms with Gasteiger partial charge in [0.1, 0.15) is 18.3 Å². The predicted octanol–water partition coefficient (Wildman–Crippen LogP) is -2.99. The average Bonchev–Trinajstić information content (AvgIpc) is 2.48. The summed E-state index contributed by atoms with van der Waals surface area (Å²) in [4.78, 5) is 22.7. The van der Waals surface area contributed by atoms with Gasteiger partial charge in [0.15, 0.2) is 6.10 Å². The summed E-state index contributed by atoms with van der Waals surface area (Å²) < 4.78 is 4.30. The highest BCUT2D eigenvalue weighted by Crippen LogP contribution is 2.08. The molecule has 0 saturated carbocycles. The van der Waals surface area contributed by atoms with Gasteiger partial charge in [0.2, 0.25) is 0 Å².